The average molecular weight is 374 g/mol. The molecule has 2 amide bonds. The van der Waals surface area contributed by atoms with Crippen LogP contribution in [0.3, 0.4) is 0 Å². The molecule has 3 saturated heterocycles. The Kier molecular flexibility index (Phi) is 5.21. The van der Waals surface area contributed by atoms with Crippen LogP contribution in [0.4, 0.5) is 0 Å². The van der Waals surface area contributed by atoms with Gasteiger partial charge in [-0.2, -0.15) is 5.10 Å². The number of aromatic nitrogens is 2. The molecule has 0 N–H and O–H groups in total. The van der Waals surface area contributed by atoms with Gasteiger partial charge in [-0.3, -0.25) is 14.3 Å². The standard InChI is InChI=1S/C20H30N4O3/c1-14-12-15(2)24(21-14)8-3-7-22-17-4-9-23(18(17)13-19(22)25)20(26)16-5-10-27-11-6-16/h12,16-18H,3-11,13H2,1-2H3/t17-,18-/m0/s1. The molecule has 3 fully saturated rings. The number of hydrogen-bond donors (Lipinski definition) is 0. The molecule has 0 spiro atoms. The molecule has 7 heteroatoms. The van der Waals surface area contributed by atoms with Gasteiger partial charge >= 0.3 is 0 Å². The molecule has 148 valence electrons. The summed E-state index contributed by atoms with van der Waals surface area (Å²) in [4.78, 5) is 29.5. The third-order valence-corrected chi connectivity index (χ3v) is 6.34. The molecule has 1 aromatic rings. The van der Waals surface area contributed by atoms with Crippen molar-refractivity contribution in [1.29, 1.82) is 0 Å². The van der Waals surface area contributed by atoms with Crippen LogP contribution in [0.5, 0.6) is 0 Å². The van der Waals surface area contributed by atoms with Crippen LogP contribution in [0.2, 0.25) is 0 Å². The SMILES string of the molecule is Cc1cc(C)n(CCCN2C(=O)C[C@H]3[C@@H]2CCN3C(=O)C2CCOCC2)n1. The van der Waals surface area contributed by atoms with Crippen molar-refractivity contribution < 1.29 is 14.3 Å². The van der Waals surface area contributed by atoms with E-state index in [1.54, 1.807) is 0 Å². The van der Waals surface area contributed by atoms with E-state index in [4.69, 9.17) is 4.74 Å². The normalized spacial score (nSPS) is 26.1. The first kappa shape index (κ1) is 18.5. The van der Waals surface area contributed by atoms with Crippen molar-refractivity contribution in [3.05, 3.63) is 17.5 Å². The number of fused-ring (bicyclic) bond motifs is 1. The van der Waals surface area contributed by atoms with Crippen molar-refractivity contribution in [2.45, 2.75) is 64.6 Å². The summed E-state index contributed by atoms with van der Waals surface area (Å²) in [5.74, 6) is 0.513. The molecule has 2 atom stereocenters. The Morgan fingerprint density at radius 3 is 2.67 bits per heavy atom. The lowest BCUT2D eigenvalue weighted by molar-refractivity contribution is -0.139. The number of aryl methyl sites for hydroxylation is 3. The van der Waals surface area contributed by atoms with E-state index in [0.717, 1.165) is 56.7 Å². The van der Waals surface area contributed by atoms with Crippen LogP contribution in [0.25, 0.3) is 0 Å². The lowest BCUT2D eigenvalue weighted by atomic mass is 9.98. The Morgan fingerprint density at radius 1 is 1.19 bits per heavy atom. The van der Waals surface area contributed by atoms with Gasteiger partial charge in [0, 0.05) is 50.9 Å². The molecule has 0 radical (unpaired) electrons. The fourth-order valence-corrected chi connectivity index (χ4v) is 4.96. The second kappa shape index (κ2) is 7.62. The first-order chi connectivity index (χ1) is 13.0. The van der Waals surface area contributed by atoms with Crippen LogP contribution in [0.15, 0.2) is 6.07 Å². The van der Waals surface area contributed by atoms with Gasteiger partial charge in [0.05, 0.1) is 17.8 Å². The highest BCUT2D eigenvalue weighted by atomic mass is 16.5. The minimum atomic E-state index is 0.0709. The number of rotatable bonds is 5. The van der Waals surface area contributed by atoms with Gasteiger partial charge in [-0.15, -0.1) is 0 Å². The van der Waals surface area contributed by atoms with Crippen LogP contribution in [0, 0.1) is 19.8 Å². The molecule has 0 aromatic carbocycles. The van der Waals surface area contributed by atoms with Gasteiger partial charge in [0.1, 0.15) is 0 Å². The van der Waals surface area contributed by atoms with E-state index >= 15 is 0 Å². The van der Waals surface area contributed by atoms with Crippen molar-refractivity contribution in [1.82, 2.24) is 19.6 Å². The highest BCUT2D eigenvalue weighted by Gasteiger charge is 2.48. The number of likely N-dealkylation sites (tertiary alicyclic amines) is 2. The van der Waals surface area contributed by atoms with E-state index in [1.807, 2.05) is 21.4 Å². The zero-order valence-corrected chi connectivity index (χ0v) is 16.4. The maximum atomic E-state index is 12.9. The summed E-state index contributed by atoms with van der Waals surface area (Å²) >= 11 is 0. The summed E-state index contributed by atoms with van der Waals surface area (Å²) in [6.45, 7) is 7.77. The Bertz CT molecular complexity index is 710. The minimum Gasteiger partial charge on any atom is -0.381 e. The predicted octanol–water partition coefficient (Wildman–Crippen LogP) is 1.52. The van der Waals surface area contributed by atoms with Gasteiger partial charge in [0.25, 0.3) is 0 Å². The smallest absolute Gasteiger partial charge is 0.226 e. The van der Waals surface area contributed by atoms with Crippen LogP contribution < -0.4 is 0 Å². The van der Waals surface area contributed by atoms with E-state index in [0.29, 0.717) is 19.6 Å². The Balaban J connectivity index is 1.34. The van der Waals surface area contributed by atoms with Crippen LogP contribution in [-0.4, -0.2) is 69.8 Å². The summed E-state index contributed by atoms with van der Waals surface area (Å²) in [6.07, 6.45) is 3.91. The van der Waals surface area contributed by atoms with E-state index in [-0.39, 0.29) is 29.8 Å². The van der Waals surface area contributed by atoms with Crippen molar-refractivity contribution >= 4 is 11.8 Å². The highest BCUT2D eigenvalue weighted by molar-refractivity contribution is 5.84. The average Bonchev–Trinajstić information content (AvgIpc) is 3.30. The van der Waals surface area contributed by atoms with Gasteiger partial charge in [-0.25, -0.2) is 0 Å². The second-order valence-corrected chi connectivity index (χ2v) is 8.14. The third-order valence-electron chi connectivity index (χ3n) is 6.34. The van der Waals surface area contributed by atoms with Gasteiger partial charge in [-0.1, -0.05) is 0 Å². The van der Waals surface area contributed by atoms with Gasteiger partial charge < -0.3 is 14.5 Å². The molecule has 7 nitrogen and oxygen atoms in total. The van der Waals surface area contributed by atoms with E-state index in [2.05, 4.69) is 18.1 Å². The van der Waals surface area contributed by atoms with E-state index in [1.165, 1.54) is 0 Å². The molecule has 0 aliphatic carbocycles. The van der Waals surface area contributed by atoms with E-state index < -0.39 is 0 Å². The molecule has 27 heavy (non-hydrogen) atoms. The molecule has 4 heterocycles. The molecule has 1 aromatic heterocycles. The van der Waals surface area contributed by atoms with Crippen LogP contribution in [-0.2, 0) is 20.9 Å². The Morgan fingerprint density at radius 2 is 1.96 bits per heavy atom. The van der Waals surface area contributed by atoms with Gasteiger partial charge in [0.15, 0.2) is 0 Å². The van der Waals surface area contributed by atoms with Gasteiger partial charge in [0.2, 0.25) is 11.8 Å². The van der Waals surface area contributed by atoms with Crippen LogP contribution in [0.1, 0.15) is 43.5 Å². The summed E-state index contributed by atoms with van der Waals surface area (Å²) in [5.41, 5.74) is 2.19. The zero-order chi connectivity index (χ0) is 19.0. The molecule has 0 bridgehead atoms. The molecule has 3 aliphatic rings. The number of hydrogen-bond acceptors (Lipinski definition) is 4. The molecule has 0 unspecified atom stereocenters. The summed E-state index contributed by atoms with van der Waals surface area (Å²) in [6, 6.07) is 2.34. The predicted molar refractivity (Wildman–Crippen MR) is 100 cm³/mol. The lowest BCUT2D eigenvalue weighted by Crippen LogP contribution is -2.43. The number of nitrogens with zero attached hydrogens (tertiary/aromatic N) is 4. The lowest BCUT2D eigenvalue weighted by Gasteiger charge is -2.30. The Labute approximate surface area is 160 Å². The number of amides is 2. The number of carbonyl (C=O) groups excluding carboxylic acids is 2. The molecular formula is C20H30N4O3. The summed E-state index contributed by atoms with van der Waals surface area (Å²) in [5, 5.41) is 4.50. The fourth-order valence-electron chi connectivity index (χ4n) is 4.96. The molecule has 3 aliphatic heterocycles. The fraction of sp³-hybridized carbons (Fsp3) is 0.750. The van der Waals surface area contributed by atoms with E-state index in [9.17, 15) is 9.59 Å². The summed E-state index contributed by atoms with van der Waals surface area (Å²) in [7, 11) is 0. The third kappa shape index (κ3) is 3.61. The highest BCUT2D eigenvalue weighted by Crippen LogP contribution is 2.34. The molecular weight excluding hydrogens is 344 g/mol. The van der Waals surface area contributed by atoms with Gasteiger partial charge in [-0.05, 0) is 45.6 Å². The summed E-state index contributed by atoms with van der Waals surface area (Å²) < 4.78 is 7.40. The molecule has 4 rings (SSSR count). The van der Waals surface area contributed by atoms with Crippen molar-refractivity contribution in [3.8, 4) is 0 Å². The molecule has 0 saturated carbocycles. The number of ether oxygens (including phenoxy) is 1. The van der Waals surface area contributed by atoms with Crippen LogP contribution >= 0.6 is 0 Å². The van der Waals surface area contributed by atoms with Crippen molar-refractivity contribution in [3.63, 3.8) is 0 Å². The van der Waals surface area contributed by atoms with Crippen molar-refractivity contribution in [2.75, 3.05) is 26.3 Å². The first-order valence-electron chi connectivity index (χ1n) is 10.2. The topological polar surface area (TPSA) is 67.7 Å². The number of carbonyl (C=O) groups is 2. The largest absolute Gasteiger partial charge is 0.381 e. The quantitative estimate of drug-likeness (QED) is 0.784. The first-order valence-corrected chi connectivity index (χ1v) is 10.2. The second-order valence-electron chi connectivity index (χ2n) is 8.14. The monoisotopic (exact) mass is 374 g/mol. The Hall–Kier alpha value is -1.89. The maximum Gasteiger partial charge on any atom is 0.226 e. The minimum absolute atomic E-state index is 0.0709. The van der Waals surface area contributed by atoms with Crippen molar-refractivity contribution in [2.24, 2.45) is 5.92 Å². The zero-order valence-electron chi connectivity index (χ0n) is 16.4. The maximum absolute atomic E-state index is 12.9.